The zero-order chi connectivity index (χ0) is 14.0. The highest BCUT2D eigenvalue weighted by Crippen LogP contribution is 2.22. The molecule has 1 aromatic rings. The molecule has 1 unspecified atom stereocenters. The fourth-order valence-corrected chi connectivity index (χ4v) is 2.43. The number of piperazine rings is 1. The van der Waals surface area contributed by atoms with Crippen LogP contribution in [0.5, 0.6) is 0 Å². The summed E-state index contributed by atoms with van der Waals surface area (Å²) in [5.74, 6) is 1.03. The first-order valence-corrected chi connectivity index (χ1v) is 7.00. The Morgan fingerprint density at radius 2 is 1.89 bits per heavy atom. The molecule has 0 bridgehead atoms. The zero-order valence-corrected chi connectivity index (χ0v) is 12.7. The van der Waals surface area contributed by atoms with Gasteiger partial charge in [0.25, 0.3) is 0 Å². The number of aromatic nitrogens is 2. The van der Waals surface area contributed by atoms with Crippen molar-refractivity contribution in [1.29, 1.82) is 0 Å². The molecule has 0 saturated carbocycles. The number of hydrogen-bond acceptors (Lipinski definition) is 4. The highest BCUT2D eigenvalue weighted by atomic mass is 16.5. The summed E-state index contributed by atoms with van der Waals surface area (Å²) in [5, 5.41) is 7.46. The summed E-state index contributed by atoms with van der Waals surface area (Å²) in [4.78, 5) is 4.86. The Balaban J connectivity index is 1.96. The minimum atomic E-state index is 0.0668. The van der Waals surface area contributed by atoms with Gasteiger partial charge in [-0.1, -0.05) is 0 Å². The number of nitrogens with zero attached hydrogens (tertiary/aromatic N) is 3. The van der Waals surface area contributed by atoms with Crippen molar-refractivity contribution in [2.24, 2.45) is 0 Å². The molecular formula is C14H26N4O. The molecule has 108 valence electrons. The second kappa shape index (κ2) is 5.51. The minimum absolute atomic E-state index is 0.0668. The summed E-state index contributed by atoms with van der Waals surface area (Å²) in [6, 6.07) is 2.10. The van der Waals surface area contributed by atoms with Crippen LogP contribution in [-0.4, -0.2) is 53.9 Å². The Morgan fingerprint density at radius 1 is 1.26 bits per heavy atom. The standard InChI is InChI=1S/C14H26N4O/c1-11(19-5)12-10-13(16-15-12)17-6-8-18(9-7-17)14(2,3)4/h10-11H,6-9H2,1-5H3,(H,15,16). The van der Waals surface area contributed by atoms with Gasteiger partial charge >= 0.3 is 0 Å². The molecule has 0 amide bonds. The van der Waals surface area contributed by atoms with Crippen LogP contribution in [-0.2, 0) is 4.74 Å². The summed E-state index contributed by atoms with van der Waals surface area (Å²) in [6.45, 7) is 13.1. The maximum Gasteiger partial charge on any atom is 0.150 e. The molecular weight excluding hydrogens is 240 g/mol. The second-order valence-corrected chi connectivity index (χ2v) is 6.20. The summed E-state index contributed by atoms with van der Waals surface area (Å²) in [5.41, 5.74) is 1.30. The molecule has 0 aliphatic carbocycles. The lowest BCUT2D eigenvalue weighted by Crippen LogP contribution is -2.53. The second-order valence-electron chi connectivity index (χ2n) is 6.20. The van der Waals surface area contributed by atoms with Gasteiger partial charge in [-0.2, -0.15) is 5.10 Å². The number of hydrogen-bond donors (Lipinski definition) is 1. The van der Waals surface area contributed by atoms with E-state index in [4.69, 9.17) is 4.74 Å². The maximum atomic E-state index is 5.30. The smallest absolute Gasteiger partial charge is 0.150 e. The topological polar surface area (TPSA) is 44.4 Å². The Kier molecular flexibility index (Phi) is 4.16. The van der Waals surface area contributed by atoms with Crippen molar-refractivity contribution in [1.82, 2.24) is 15.1 Å². The van der Waals surface area contributed by atoms with E-state index >= 15 is 0 Å². The third-order valence-corrected chi connectivity index (χ3v) is 3.93. The Hall–Kier alpha value is -1.07. The highest BCUT2D eigenvalue weighted by Gasteiger charge is 2.26. The van der Waals surface area contributed by atoms with Gasteiger partial charge in [0, 0.05) is 44.9 Å². The van der Waals surface area contributed by atoms with Crippen molar-refractivity contribution in [2.75, 3.05) is 38.2 Å². The van der Waals surface area contributed by atoms with Gasteiger partial charge in [0.1, 0.15) is 0 Å². The highest BCUT2D eigenvalue weighted by molar-refractivity contribution is 5.40. The van der Waals surface area contributed by atoms with Crippen molar-refractivity contribution in [3.8, 4) is 0 Å². The quantitative estimate of drug-likeness (QED) is 0.909. The third-order valence-electron chi connectivity index (χ3n) is 3.93. The molecule has 1 fully saturated rings. The van der Waals surface area contributed by atoms with Crippen LogP contribution < -0.4 is 4.90 Å². The number of nitrogens with one attached hydrogen (secondary N) is 1. The van der Waals surface area contributed by atoms with Gasteiger partial charge in [0.05, 0.1) is 11.8 Å². The van der Waals surface area contributed by atoms with Crippen LogP contribution in [0.1, 0.15) is 39.5 Å². The maximum absolute atomic E-state index is 5.30. The molecule has 1 aliphatic heterocycles. The van der Waals surface area contributed by atoms with E-state index in [1.165, 1.54) is 0 Å². The number of methoxy groups -OCH3 is 1. The van der Waals surface area contributed by atoms with E-state index in [0.29, 0.717) is 0 Å². The van der Waals surface area contributed by atoms with Gasteiger partial charge in [0.15, 0.2) is 5.82 Å². The fourth-order valence-electron chi connectivity index (χ4n) is 2.43. The predicted octanol–water partition coefficient (Wildman–Crippen LogP) is 2.04. The molecule has 1 atom stereocenters. The first-order chi connectivity index (χ1) is 8.91. The normalized spacial score (nSPS) is 19.7. The van der Waals surface area contributed by atoms with Crippen LogP contribution in [0, 0.1) is 0 Å². The van der Waals surface area contributed by atoms with Gasteiger partial charge in [-0.3, -0.25) is 10.00 Å². The van der Waals surface area contributed by atoms with Crippen LogP contribution in [0.15, 0.2) is 6.07 Å². The van der Waals surface area contributed by atoms with Crippen molar-refractivity contribution < 1.29 is 4.74 Å². The van der Waals surface area contributed by atoms with Crippen LogP contribution in [0.3, 0.4) is 0 Å². The number of ether oxygens (including phenoxy) is 1. The van der Waals surface area contributed by atoms with E-state index in [1.54, 1.807) is 7.11 Å². The first kappa shape index (κ1) is 14.3. The monoisotopic (exact) mass is 266 g/mol. The first-order valence-electron chi connectivity index (χ1n) is 7.00. The molecule has 0 aromatic carbocycles. The van der Waals surface area contributed by atoms with Crippen molar-refractivity contribution in [2.45, 2.75) is 39.3 Å². The Morgan fingerprint density at radius 3 is 2.42 bits per heavy atom. The van der Waals surface area contributed by atoms with Gasteiger partial charge in [-0.05, 0) is 27.7 Å². The van der Waals surface area contributed by atoms with E-state index < -0.39 is 0 Å². The van der Waals surface area contributed by atoms with E-state index in [0.717, 1.165) is 37.7 Å². The van der Waals surface area contributed by atoms with Crippen molar-refractivity contribution in [3.63, 3.8) is 0 Å². The lowest BCUT2D eigenvalue weighted by atomic mass is 10.1. The average molecular weight is 266 g/mol. The van der Waals surface area contributed by atoms with Crippen LogP contribution in [0.25, 0.3) is 0 Å². The number of rotatable bonds is 3. The largest absolute Gasteiger partial charge is 0.375 e. The summed E-state index contributed by atoms with van der Waals surface area (Å²) in [7, 11) is 1.72. The van der Waals surface area contributed by atoms with Crippen LogP contribution >= 0.6 is 0 Å². The van der Waals surface area contributed by atoms with E-state index in [2.05, 4.69) is 46.8 Å². The molecule has 5 nitrogen and oxygen atoms in total. The molecule has 1 aliphatic rings. The zero-order valence-electron chi connectivity index (χ0n) is 12.7. The molecule has 5 heteroatoms. The SMILES string of the molecule is COC(C)c1cc(N2CCN(C(C)(C)C)CC2)n[nH]1. The van der Waals surface area contributed by atoms with Gasteiger partial charge in [-0.25, -0.2) is 0 Å². The van der Waals surface area contributed by atoms with Gasteiger partial charge in [-0.15, -0.1) is 0 Å². The molecule has 0 spiro atoms. The van der Waals surface area contributed by atoms with Crippen LogP contribution in [0.2, 0.25) is 0 Å². The lowest BCUT2D eigenvalue weighted by Gasteiger charge is -2.42. The van der Waals surface area contributed by atoms with Crippen molar-refractivity contribution >= 4 is 5.82 Å². The Labute approximate surface area is 115 Å². The van der Waals surface area contributed by atoms with Gasteiger partial charge < -0.3 is 9.64 Å². The molecule has 2 rings (SSSR count). The molecule has 1 saturated heterocycles. The van der Waals surface area contributed by atoms with E-state index in [9.17, 15) is 0 Å². The van der Waals surface area contributed by atoms with Crippen molar-refractivity contribution in [3.05, 3.63) is 11.8 Å². The predicted molar refractivity (Wildman–Crippen MR) is 77.6 cm³/mol. The number of aromatic amines is 1. The van der Waals surface area contributed by atoms with Gasteiger partial charge in [0.2, 0.25) is 0 Å². The summed E-state index contributed by atoms with van der Waals surface area (Å²) < 4.78 is 5.30. The lowest BCUT2D eigenvalue weighted by molar-refractivity contribution is 0.116. The fraction of sp³-hybridized carbons (Fsp3) is 0.786. The van der Waals surface area contributed by atoms with E-state index in [1.807, 2.05) is 6.92 Å². The molecule has 1 N–H and O–H groups in total. The Bertz CT molecular complexity index is 402. The molecule has 0 radical (unpaired) electrons. The molecule has 19 heavy (non-hydrogen) atoms. The summed E-state index contributed by atoms with van der Waals surface area (Å²) in [6.07, 6.45) is 0.0668. The summed E-state index contributed by atoms with van der Waals surface area (Å²) >= 11 is 0. The molecule has 2 heterocycles. The third kappa shape index (κ3) is 3.28. The number of H-pyrrole nitrogens is 1. The molecule has 1 aromatic heterocycles. The van der Waals surface area contributed by atoms with E-state index in [-0.39, 0.29) is 11.6 Å². The number of anilines is 1. The average Bonchev–Trinajstić information content (AvgIpc) is 2.86. The van der Waals surface area contributed by atoms with Crippen LogP contribution in [0.4, 0.5) is 5.82 Å². The minimum Gasteiger partial charge on any atom is -0.375 e.